The van der Waals surface area contributed by atoms with E-state index in [1.54, 1.807) is 6.92 Å². The molecule has 4 heteroatoms. The Hall–Kier alpha value is 0.150. The summed E-state index contributed by atoms with van der Waals surface area (Å²) in [5.74, 6) is 0. The zero-order chi connectivity index (χ0) is 7.91. The van der Waals surface area contributed by atoms with E-state index in [2.05, 4.69) is 0 Å². The van der Waals surface area contributed by atoms with E-state index in [0.29, 0.717) is 6.42 Å². The van der Waals surface area contributed by atoms with E-state index in [1.807, 2.05) is 13.8 Å². The van der Waals surface area contributed by atoms with Crippen molar-refractivity contribution in [3.05, 3.63) is 0 Å². The van der Waals surface area contributed by atoms with Crippen LogP contribution < -0.4 is 0 Å². The van der Waals surface area contributed by atoms with E-state index < -0.39 is 7.60 Å². The molecule has 0 atom stereocenters. The topological polar surface area (TPSA) is 57.5 Å². The first-order valence-corrected chi connectivity index (χ1v) is 4.90. The normalized spacial score (nSPS) is 9.89. The minimum atomic E-state index is -3.67. The maximum absolute atomic E-state index is 9.93. The van der Waals surface area contributed by atoms with Crippen molar-refractivity contribution in [3.63, 3.8) is 0 Å². The molecule has 0 aromatic carbocycles. The van der Waals surface area contributed by atoms with Gasteiger partial charge in [0.1, 0.15) is 0 Å². The van der Waals surface area contributed by atoms with Crippen molar-refractivity contribution >= 4 is 7.60 Å². The van der Waals surface area contributed by atoms with Crippen molar-refractivity contribution in [2.75, 3.05) is 6.16 Å². The maximum Gasteiger partial charge on any atom is 0.325 e. The minimum Gasteiger partial charge on any atom is -0.324 e. The fourth-order valence-corrected chi connectivity index (χ4v) is 0.874. The molecule has 2 N–H and O–H groups in total. The standard InChI is InChI=1S/C3H9O3P.C2H6/c1-2-3-7(4,5)6;1-2/h2-3H2,1H3,(H2,4,5,6);1-2H3. The van der Waals surface area contributed by atoms with E-state index in [1.165, 1.54) is 0 Å². The van der Waals surface area contributed by atoms with Crippen LogP contribution in [0.3, 0.4) is 0 Å². The Labute approximate surface area is 56.3 Å². The molecule has 0 amide bonds. The molecule has 0 aliphatic carbocycles. The van der Waals surface area contributed by atoms with E-state index >= 15 is 0 Å². The molecule has 0 heterocycles. The summed E-state index contributed by atoms with van der Waals surface area (Å²) in [6, 6.07) is 0. The van der Waals surface area contributed by atoms with Crippen LogP contribution in [-0.4, -0.2) is 15.9 Å². The van der Waals surface area contributed by atoms with Gasteiger partial charge in [0.2, 0.25) is 0 Å². The summed E-state index contributed by atoms with van der Waals surface area (Å²) in [5, 5.41) is 0. The lowest BCUT2D eigenvalue weighted by atomic mass is 10.6. The Morgan fingerprint density at radius 1 is 1.33 bits per heavy atom. The highest BCUT2D eigenvalue weighted by atomic mass is 31.2. The molecule has 0 radical (unpaired) electrons. The van der Waals surface area contributed by atoms with Gasteiger partial charge in [-0.15, -0.1) is 0 Å². The molecule has 0 aliphatic heterocycles. The fourth-order valence-electron chi connectivity index (χ4n) is 0.291. The second-order valence-corrected chi connectivity index (χ2v) is 3.16. The Kier molecular flexibility index (Phi) is 8.29. The summed E-state index contributed by atoms with van der Waals surface area (Å²) in [6.45, 7) is 5.74. The van der Waals surface area contributed by atoms with E-state index in [0.717, 1.165) is 0 Å². The number of hydrogen-bond acceptors (Lipinski definition) is 1. The van der Waals surface area contributed by atoms with Crippen molar-refractivity contribution < 1.29 is 14.4 Å². The molecule has 0 aliphatic rings. The highest BCUT2D eigenvalue weighted by Crippen LogP contribution is 2.34. The first-order valence-electron chi connectivity index (χ1n) is 3.11. The predicted molar refractivity (Wildman–Crippen MR) is 38.6 cm³/mol. The van der Waals surface area contributed by atoms with Crippen molar-refractivity contribution in [1.29, 1.82) is 0 Å². The molecule has 0 spiro atoms. The van der Waals surface area contributed by atoms with Crippen LogP contribution in [0.4, 0.5) is 0 Å². The van der Waals surface area contributed by atoms with Crippen LogP contribution in [0.15, 0.2) is 0 Å². The molecule has 0 fully saturated rings. The quantitative estimate of drug-likeness (QED) is 0.594. The fraction of sp³-hybridized carbons (Fsp3) is 1.00. The number of rotatable bonds is 2. The van der Waals surface area contributed by atoms with E-state index in [9.17, 15) is 4.57 Å². The van der Waals surface area contributed by atoms with Crippen molar-refractivity contribution in [2.24, 2.45) is 0 Å². The Morgan fingerprint density at radius 2 is 1.67 bits per heavy atom. The van der Waals surface area contributed by atoms with Gasteiger partial charge in [0, 0.05) is 6.16 Å². The molecular weight excluding hydrogens is 139 g/mol. The first-order chi connectivity index (χ1) is 4.06. The summed E-state index contributed by atoms with van der Waals surface area (Å²) in [4.78, 5) is 16.3. The monoisotopic (exact) mass is 154 g/mol. The van der Waals surface area contributed by atoms with Crippen LogP contribution in [0.2, 0.25) is 0 Å². The van der Waals surface area contributed by atoms with Gasteiger partial charge in [-0.3, -0.25) is 4.57 Å². The molecule has 9 heavy (non-hydrogen) atoms. The third-order valence-corrected chi connectivity index (χ3v) is 1.54. The third kappa shape index (κ3) is 17.9. The predicted octanol–water partition coefficient (Wildman–Crippen LogP) is 1.60. The molecule has 0 unspecified atom stereocenters. The van der Waals surface area contributed by atoms with Crippen LogP contribution in [0.1, 0.15) is 27.2 Å². The van der Waals surface area contributed by atoms with Gasteiger partial charge in [0.15, 0.2) is 0 Å². The third-order valence-electron chi connectivity index (χ3n) is 0.515. The average molecular weight is 154 g/mol. The van der Waals surface area contributed by atoms with Gasteiger partial charge in [-0.2, -0.15) is 0 Å². The lowest BCUT2D eigenvalue weighted by Crippen LogP contribution is -1.82. The van der Waals surface area contributed by atoms with Crippen LogP contribution in [0.5, 0.6) is 0 Å². The molecule has 0 aromatic rings. The van der Waals surface area contributed by atoms with Crippen molar-refractivity contribution in [1.82, 2.24) is 0 Å². The Morgan fingerprint density at radius 3 is 1.67 bits per heavy atom. The summed E-state index contributed by atoms with van der Waals surface area (Å²) < 4.78 is 9.93. The van der Waals surface area contributed by atoms with Gasteiger partial charge in [-0.25, -0.2) is 0 Å². The van der Waals surface area contributed by atoms with Crippen LogP contribution in [0, 0.1) is 0 Å². The second-order valence-electron chi connectivity index (χ2n) is 1.39. The zero-order valence-electron chi connectivity index (χ0n) is 6.16. The molecule has 58 valence electrons. The van der Waals surface area contributed by atoms with Gasteiger partial charge in [-0.05, 0) is 6.42 Å². The highest BCUT2D eigenvalue weighted by Gasteiger charge is 2.08. The number of hydrogen-bond donors (Lipinski definition) is 2. The molecule has 0 aromatic heterocycles. The smallest absolute Gasteiger partial charge is 0.324 e. The average Bonchev–Trinajstić information content (AvgIpc) is 1.69. The summed E-state index contributed by atoms with van der Waals surface area (Å²) in [5.41, 5.74) is 0. The van der Waals surface area contributed by atoms with E-state index in [4.69, 9.17) is 9.79 Å². The summed E-state index contributed by atoms with van der Waals surface area (Å²) in [7, 11) is -3.67. The van der Waals surface area contributed by atoms with Gasteiger partial charge >= 0.3 is 7.60 Å². The van der Waals surface area contributed by atoms with Crippen LogP contribution in [-0.2, 0) is 4.57 Å². The molecule has 0 rings (SSSR count). The van der Waals surface area contributed by atoms with E-state index in [-0.39, 0.29) is 6.16 Å². The minimum absolute atomic E-state index is 0.00694. The zero-order valence-corrected chi connectivity index (χ0v) is 7.06. The summed E-state index contributed by atoms with van der Waals surface area (Å²) in [6.07, 6.45) is 0.553. The van der Waals surface area contributed by atoms with Crippen LogP contribution >= 0.6 is 7.60 Å². The lowest BCUT2D eigenvalue weighted by Gasteiger charge is -1.96. The van der Waals surface area contributed by atoms with Gasteiger partial charge in [0.25, 0.3) is 0 Å². The molecule has 3 nitrogen and oxygen atoms in total. The molecule has 0 saturated heterocycles. The largest absolute Gasteiger partial charge is 0.325 e. The summed E-state index contributed by atoms with van der Waals surface area (Å²) >= 11 is 0. The maximum atomic E-state index is 9.93. The molecule has 0 saturated carbocycles. The van der Waals surface area contributed by atoms with Crippen molar-refractivity contribution in [2.45, 2.75) is 27.2 Å². The van der Waals surface area contributed by atoms with Gasteiger partial charge in [0.05, 0.1) is 0 Å². The highest BCUT2D eigenvalue weighted by molar-refractivity contribution is 7.51. The SMILES string of the molecule is CC.CCCP(=O)(O)O. The Bertz CT molecular complexity index is 86.2. The first kappa shape index (κ1) is 11.9. The second kappa shape index (κ2) is 6.27. The molecule has 0 bridgehead atoms. The van der Waals surface area contributed by atoms with Gasteiger partial charge in [-0.1, -0.05) is 20.8 Å². The van der Waals surface area contributed by atoms with Gasteiger partial charge < -0.3 is 9.79 Å². The van der Waals surface area contributed by atoms with Crippen LogP contribution in [0.25, 0.3) is 0 Å². The Balaban J connectivity index is 0. The van der Waals surface area contributed by atoms with Crippen molar-refractivity contribution in [3.8, 4) is 0 Å². The lowest BCUT2D eigenvalue weighted by molar-refractivity contribution is 0.372. The molecular formula is C5H15O3P.